The summed E-state index contributed by atoms with van der Waals surface area (Å²) in [4.78, 5) is 4.34. The highest BCUT2D eigenvalue weighted by Gasteiger charge is 2.51. The van der Waals surface area contributed by atoms with Gasteiger partial charge in [0.2, 0.25) is 0 Å². The molecule has 3 aromatic carbocycles. The van der Waals surface area contributed by atoms with Crippen LogP contribution in [0.1, 0.15) is 16.7 Å². The normalized spacial score (nSPS) is 25.5. The third kappa shape index (κ3) is 6.07. The number of nitrogens with zero attached hydrogens (tertiary/aromatic N) is 1. The van der Waals surface area contributed by atoms with E-state index < -0.39 is 30.6 Å². The Morgan fingerprint density at radius 3 is 1.77 bits per heavy atom. The number of rotatable bonds is 10. The van der Waals surface area contributed by atoms with Crippen molar-refractivity contribution in [3.05, 3.63) is 108 Å². The summed E-state index contributed by atoms with van der Waals surface area (Å²) in [5.41, 5.74) is 9.12. The maximum absolute atomic E-state index is 6.43. The fraction of sp³-hybridized carbons (Fsp3) is 0.321. The predicted molar refractivity (Wildman–Crippen MR) is 131 cm³/mol. The lowest BCUT2D eigenvalue weighted by Crippen LogP contribution is -2.59. The maximum atomic E-state index is 6.43. The van der Waals surface area contributed by atoms with Gasteiger partial charge >= 0.3 is 0 Å². The van der Waals surface area contributed by atoms with E-state index in [4.69, 9.17) is 29.4 Å². The molecule has 0 aromatic heterocycles. The highest BCUT2D eigenvalue weighted by molar-refractivity contribution is 5.73. The summed E-state index contributed by atoms with van der Waals surface area (Å²) >= 11 is 0. The molecule has 0 aliphatic carbocycles. The molecule has 5 atom stereocenters. The van der Waals surface area contributed by atoms with Crippen LogP contribution in [-0.4, -0.2) is 43.3 Å². The van der Waals surface area contributed by atoms with Crippen molar-refractivity contribution in [1.29, 1.82) is 0 Å². The number of ether oxygens (including phenoxy) is 5. The molecule has 2 N–H and O–H groups in total. The SMILES string of the molecule is NC1=NC2OC(COCc3ccccc3)[C@@H](OCc3ccccc3)C(OCc3ccccc3)C2O1. The first kappa shape index (κ1) is 23.5. The molecular formula is C28H30N2O5. The van der Waals surface area contributed by atoms with Crippen molar-refractivity contribution in [3.8, 4) is 0 Å². The third-order valence-electron chi connectivity index (χ3n) is 6.08. The Hall–Kier alpha value is -3.23. The number of nitrogens with two attached hydrogens (primary N) is 1. The largest absolute Gasteiger partial charge is 0.454 e. The van der Waals surface area contributed by atoms with Gasteiger partial charge < -0.3 is 29.4 Å². The van der Waals surface area contributed by atoms with Crippen molar-refractivity contribution in [1.82, 2.24) is 0 Å². The van der Waals surface area contributed by atoms with Crippen molar-refractivity contribution < 1.29 is 23.7 Å². The van der Waals surface area contributed by atoms with Gasteiger partial charge in [-0.1, -0.05) is 91.0 Å². The van der Waals surface area contributed by atoms with Crippen LogP contribution in [0.5, 0.6) is 0 Å². The second-order valence-electron chi connectivity index (χ2n) is 8.64. The highest BCUT2D eigenvalue weighted by Crippen LogP contribution is 2.33. The summed E-state index contributed by atoms with van der Waals surface area (Å²) < 4.78 is 31.0. The van der Waals surface area contributed by atoms with Crippen LogP contribution in [0.2, 0.25) is 0 Å². The maximum Gasteiger partial charge on any atom is 0.285 e. The van der Waals surface area contributed by atoms with Crippen molar-refractivity contribution >= 4 is 6.02 Å². The second kappa shape index (κ2) is 11.5. The van der Waals surface area contributed by atoms with Crippen molar-refractivity contribution in [2.24, 2.45) is 10.7 Å². The molecule has 2 heterocycles. The number of hydrogen-bond acceptors (Lipinski definition) is 7. The van der Waals surface area contributed by atoms with Crippen LogP contribution in [0, 0.1) is 0 Å². The minimum absolute atomic E-state index is 0.0981. The van der Waals surface area contributed by atoms with E-state index in [1.165, 1.54) is 0 Å². The molecule has 5 rings (SSSR count). The Balaban J connectivity index is 1.33. The van der Waals surface area contributed by atoms with E-state index in [1.807, 2.05) is 91.0 Å². The molecular weight excluding hydrogens is 444 g/mol. The quantitative estimate of drug-likeness (QED) is 0.481. The lowest BCUT2D eigenvalue weighted by molar-refractivity contribution is -0.249. The van der Waals surface area contributed by atoms with Crippen LogP contribution in [0.4, 0.5) is 0 Å². The van der Waals surface area contributed by atoms with Crippen molar-refractivity contribution in [2.75, 3.05) is 6.61 Å². The lowest BCUT2D eigenvalue weighted by atomic mass is 9.97. The van der Waals surface area contributed by atoms with Crippen LogP contribution in [0.15, 0.2) is 96.0 Å². The Bertz CT molecular complexity index is 1080. The zero-order valence-electron chi connectivity index (χ0n) is 19.4. The average molecular weight is 475 g/mol. The Labute approximate surface area is 205 Å². The zero-order chi connectivity index (χ0) is 23.9. The monoisotopic (exact) mass is 474 g/mol. The second-order valence-corrected chi connectivity index (χ2v) is 8.64. The summed E-state index contributed by atoms with van der Waals surface area (Å²) in [7, 11) is 0. The van der Waals surface area contributed by atoms with Gasteiger partial charge in [0, 0.05) is 0 Å². The molecule has 0 amide bonds. The highest BCUT2D eigenvalue weighted by atomic mass is 16.6. The standard InChI is InChI=1S/C28H30N2O5/c29-28-30-27-26(35-28)25(33-18-22-14-8-3-9-15-22)24(32-17-21-12-6-2-7-13-21)23(34-27)19-31-16-20-10-4-1-5-11-20/h1-15,23-27H,16-19H2,(H2,29,30)/t23?,24-,25?,26?,27?/m1/s1. The molecule has 2 aliphatic rings. The topological polar surface area (TPSA) is 84.5 Å². The van der Waals surface area contributed by atoms with E-state index in [0.29, 0.717) is 26.4 Å². The summed E-state index contributed by atoms with van der Waals surface area (Å²) in [6, 6.07) is 30.2. The first-order valence-corrected chi connectivity index (χ1v) is 11.8. The Morgan fingerprint density at radius 2 is 1.20 bits per heavy atom. The van der Waals surface area contributed by atoms with Gasteiger partial charge in [0.1, 0.15) is 18.3 Å². The van der Waals surface area contributed by atoms with Crippen LogP contribution < -0.4 is 5.73 Å². The summed E-state index contributed by atoms with van der Waals surface area (Å²) in [6.07, 6.45) is -2.38. The molecule has 2 aliphatic heterocycles. The minimum atomic E-state index is -0.572. The van der Waals surface area contributed by atoms with Gasteiger partial charge in [0.05, 0.1) is 26.4 Å². The van der Waals surface area contributed by atoms with Crippen LogP contribution in [0.3, 0.4) is 0 Å². The molecule has 4 unspecified atom stereocenters. The van der Waals surface area contributed by atoms with Crippen molar-refractivity contribution in [2.45, 2.75) is 50.5 Å². The molecule has 1 saturated heterocycles. The van der Waals surface area contributed by atoms with Crippen LogP contribution in [-0.2, 0) is 43.5 Å². The fourth-order valence-corrected chi connectivity index (χ4v) is 4.35. The summed E-state index contributed by atoms with van der Waals surface area (Å²) in [6.45, 7) is 1.60. The summed E-state index contributed by atoms with van der Waals surface area (Å²) in [5, 5.41) is 0. The smallest absolute Gasteiger partial charge is 0.285 e. The molecule has 35 heavy (non-hydrogen) atoms. The summed E-state index contributed by atoms with van der Waals surface area (Å²) in [5.74, 6) is 0. The van der Waals surface area contributed by atoms with Gasteiger partial charge in [-0.3, -0.25) is 0 Å². The van der Waals surface area contributed by atoms with E-state index in [-0.39, 0.29) is 6.02 Å². The minimum Gasteiger partial charge on any atom is -0.454 e. The zero-order valence-corrected chi connectivity index (χ0v) is 19.4. The molecule has 7 heteroatoms. The van der Waals surface area contributed by atoms with Crippen molar-refractivity contribution in [3.63, 3.8) is 0 Å². The van der Waals surface area contributed by atoms with Gasteiger partial charge in [-0.2, -0.15) is 4.99 Å². The molecule has 3 aromatic rings. The number of hydrogen-bond donors (Lipinski definition) is 1. The van der Waals surface area contributed by atoms with Gasteiger partial charge in [-0.15, -0.1) is 0 Å². The predicted octanol–water partition coefficient (Wildman–Crippen LogP) is 3.81. The van der Waals surface area contributed by atoms with Gasteiger partial charge in [0.25, 0.3) is 6.02 Å². The number of fused-ring (bicyclic) bond motifs is 1. The first-order chi connectivity index (χ1) is 17.3. The van der Waals surface area contributed by atoms with E-state index in [1.54, 1.807) is 0 Å². The van der Waals surface area contributed by atoms with Gasteiger partial charge in [-0.05, 0) is 16.7 Å². The van der Waals surface area contributed by atoms with Gasteiger partial charge in [-0.25, -0.2) is 0 Å². The molecule has 0 bridgehead atoms. The van der Waals surface area contributed by atoms with Crippen LogP contribution in [0.25, 0.3) is 0 Å². The van der Waals surface area contributed by atoms with E-state index in [9.17, 15) is 0 Å². The molecule has 0 radical (unpaired) electrons. The Kier molecular flexibility index (Phi) is 7.70. The molecule has 0 spiro atoms. The first-order valence-electron chi connectivity index (χ1n) is 11.8. The number of amidine groups is 1. The average Bonchev–Trinajstić information content (AvgIpc) is 3.28. The lowest BCUT2D eigenvalue weighted by Gasteiger charge is -2.42. The number of aliphatic imine (C=N–C) groups is 1. The Morgan fingerprint density at radius 1 is 0.686 bits per heavy atom. The fourth-order valence-electron chi connectivity index (χ4n) is 4.35. The van der Waals surface area contributed by atoms with E-state index in [2.05, 4.69) is 4.99 Å². The number of benzene rings is 3. The van der Waals surface area contributed by atoms with E-state index >= 15 is 0 Å². The van der Waals surface area contributed by atoms with Crippen LogP contribution >= 0.6 is 0 Å². The molecule has 182 valence electrons. The third-order valence-corrected chi connectivity index (χ3v) is 6.08. The van der Waals surface area contributed by atoms with E-state index in [0.717, 1.165) is 16.7 Å². The molecule has 0 saturated carbocycles. The molecule has 7 nitrogen and oxygen atoms in total. The molecule has 1 fully saturated rings. The van der Waals surface area contributed by atoms with Gasteiger partial charge in [0.15, 0.2) is 12.3 Å².